The summed E-state index contributed by atoms with van der Waals surface area (Å²) in [5.74, 6) is 6.20. The summed E-state index contributed by atoms with van der Waals surface area (Å²) >= 11 is 1.21. The maximum Gasteiger partial charge on any atom is 0.230 e. The maximum absolute atomic E-state index is 13.0. The van der Waals surface area contributed by atoms with Crippen molar-refractivity contribution in [1.82, 2.24) is 20.2 Å². The van der Waals surface area contributed by atoms with Gasteiger partial charge in [-0.2, -0.15) is 0 Å². The summed E-state index contributed by atoms with van der Waals surface area (Å²) in [6.07, 6.45) is 0.859. The molecule has 142 valence electrons. The Labute approximate surface area is 157 Å². The Balaban J connectivity index is 1.98. The van der Waals surface area contributed by atoms with E-state index in [0.717, 1.165) is 6.42 Å². The van der Waals surface area contributed by atoms with Gasteiger partial charge >= 0.3 is 0 Å². The maximum atomic E-state index is 13.0. The first kappa shape index (κ1) is 20.2. The van der Waals surface area contributed by atoms with Gasteiger partial charge in [-0.1, -0.05) is 32.5 Å². The third-order valence-corrected chi connectivity index (χ3v) is 4.49. The summed E-state index contributed by atoms with van der Waals surface area (Å²) in [5.41, 5.74) is 0.473. The van der Waals surface area contributed by atoms with E-state index in [2.05, 4.69) is 36.3 Å². The second-order valence-corrected chi connectivity index (χ2v) is 9.08. The molecule has 6 nitrogen and oxygen atoms in total. The third kappa shape index (κ3) is 5.72. The minimum atomic E-state index is -0.332. The summed E-state index contributed by atoms with van der Waals surface area (Å²) in [6, 6.07) is 5.83. The lowest BCUT2D eigenvalue weighted by Crippen LogP contribution is -2.46. The normalized spacial score (nSPS) is 12.2. The van der Waals surface area contributed by atoms with E-state index in [1.54, 1.807) is 12.1 Å². The number of nitrogens with one attached hydrogen (secondary N) is 1. The summed E-state index contributed by atoms with van der Waals surface area (Å²) in [4.78, 5) is 12.3. The number of aromatic nitrogens is 3. The zero-order chi connectivity index (χ0) is 19.5. The monoisotopic (exact) mass is 379 g/mol. The average Bonchev–Trinajstić information content (AvgIpc) is 2.84. The number of rotatable bonds is 6. The fourth-order valence-corrected chi connectivity index (χ4v) is 3.74. The summed E-state index contributed by atoms with van der Waals surface area (Å²) < 4.78 is 14.3. The Hall–Kier alpha value is -2.09. The number of nitrogen functional groups attached to an aromatic ring is 1. The number of amides is 1. The van der Waals surface area contributed by atoms with Crippen LogP contribution < -0.4 is 11.2 Å². The van der Waals surface area contributed by atoms with Crippen LogP contribution in [-0.2, 0) is 4.79 Å². The van der Waals surface area contributed by atoms with Gasteiger partial charge in [-0.25, -0.2) is 9.07 Å². The highest BCUT2D eigenvalue weighted by Crippen LogP contribution is 2.27. The van der Waals surface area contributed by atoms with Crippen molar-refractivity contribution >= 4 is 17.7 Å². The predicted octanol–water partition coefficient (Wildman–Crippen LogP) is 3.22. The van der Waals surface area contributed by atoms with E-state index < -0.39 is 0 Å². The van der Waals surface area contributed by atoms with Crippen molar-refractivity contribution in [3.8, 4) is 11.4 Å². The van der Waals surface area contributed by atoms with Crippen LogP contribution in [0.15, 0.2) is 29.4 Å². The molecule has 1 aromatic carbocycles. The summed E-state index contributed by atoms with van der Waals surface area (Å²) in [6.45, 7) is 10.5. The van der Waals surface area contributed by atoms with Crippen molar-refractivity contribution in [3.63, 3.8) is 0 Å². The number of thioether (sulfide) groups is 1. The van der Waals surface area contributed by atoms with Gasteiger partial charge in [0.1, 0.15) is 5.82 Å². The van der Waals surface area contributed by atoms with Crippen molar-refractivity contribution < 1.29 is 9.18 Å². The molecule has 0 unspecified atom stereocenters. The van der Waals surface area contributed by atoms with Gasteiger partial charge in [0, 0.05) is 11.1 Å². The van der Waals surface area contributed by atoms with Gasteiger partial charge in [-0.15, -0.1) is 10.2 Å². The molecule has 26 heavy (non-hydrogen) atoms. The number of carbonyl (C=O) groups excluding carboxylic acids is 1. The van der Waals surface area contributed by atoms with Crippen LogP contribution in [0.3, 0.4) is 0 Å². The molecule has 0 aliphatic heterocycles. The van der Waals surface area contributed by atoms with Crippen LogP contribution in [0.4, 0.5) is 4.39 Å². The molecule has 0 atom stereocenters. The van der Waals surface area contributed by atoms with Crippen LogP contribution in [0.2, 0.25) is 0 Å². The summed E-state index contributed by atoms with van der Waals surface area (Å²) in [5, 5.41) is 11.5. The second kappa shape index (κ2) is 7.65. The molecule has 0 radical (unpaired) electrons. The lowest BCUT2D eigenvalue weighted by Gasteiger charge is -2.33. The topological polar surface area (TPSA) is 85.8 Å². The van der Waals surface area contributed by atoms with Crippen LogP contribution in [-0.4, -0.2) is 32.1 Å². The highest BCUT2D eigenvalue weighted by Gasteiger charge is 2.27. The van der Waals surface area contributed by atoms with Gasteiger partial charge in [-0.3, -0.25) is 4.79 Å². The Morgan fingerprint density at radius 2 is 1.81 bits per heavy atom. The number of benzene rings is 1. The molecule has 1 aromatic heterocycles. The van der Waals surface area contributed by atoms with Crippen LogP contribution in [0.1, 0.15) is 41.0 Å². The van der Waals surface area contributed by atoms with E-state index in [-0.39, 0.29) is 28.4 Å². The molecule has 0 fully saturated rings. The van der Waals surface area contributed by atoms with E-state index in [0.29, 0.717) is 16.5 Å². The van der Waals surface area contributed by atoms with Crippen molar-refractivity contribution in [2.24, 2.45) is 5.41 Å². The fraction of sp³-hybridized carbons (Fsp3) is 0.500. The van der Waals surface area contributed by atoms with Gasteiger partial charge in [-0.05, 0) is 49.9 Å². The highest BCUT2D eigenvalue weighted by atomic mass is 32.2. The Kier molecular flexibility index (Phi) is 5.95. The molecular weight excluding hydrogens is 353 g/mol. The van der Waals surface area contributed by atoms with Crippen LogP contribution in [0.5, 0.6) is 0 Å². The second-order valence-electron chi connectivity index (χ2n) is 8.14. The number of nitrogens with two attached hydrogens (primary N) is 1. The fourth-order valence-electron chi connectivity index (χ4n) is 3.08. The van der Waals surface area contributed by atoms with Gasteiger partial charge in [0.15, 0.2) is 5.82 Å². The van der Waals surface area contributed by atoms with E-state index in [1.165, 1.54) is 28.6 Å². The van der Waals surface area contributed by atoms with Crippen LogP contribution in [0.25, 0.3) is 11.4 Å². The predicted molar refractivity (Wildman–Crippen MR) is 103 cm³/mol. The van der Waals surface area contributed by atoms with Gasteiger partial charge in [0.25, 0.3) is 0 Å². The van der Waals surface area contributed by atoms with Crippen LogP contribution >= 0.6 is 11.8 Å². The van der Waals surface area contributed by atoms with Gasteiger partial charge < -0.3 is 11.2 Å². The lowest BCUT2D eigenvalue weighted by atomic mass is 9.82. The smallest absolute Gasteiger partial charge is 0.230 e. The highest BCUT2D eigenvalue weighted by molar-refractivity contribution is 7.99. The quantitative estimate of drug-likeness (QED) is 0.594. The summed E-state index contributed by atoms with van der Waals surface area (Å²) in [7, 11) is 0. The van der Waals surface area contributed by atoms with E-state index >= 15 is 0 Å². The van der Waals surface area contributed by atoms with Gasteiger partial charge in [0.05, 0.1) is 5.75 Å². The minimum Gasteiger partial charge on any atom is -0.350 e. The van der Waals surface area contributed by atoms with Crippen molar-refractivity contribution in [1.29, 1.82) is 0 Å². The molecule has 3 N–H and O–H groups in total. The number of hydrogen-bond donors (Lipinski definition) is 2. The van der Waals surface area contributed by atoms with E-state index in [4.69, 9.17) is 5.84 Å². The van der Waals surface area contributed by atoms with E-state index in [1.807, 2.05) is 13.8 Å². The molecule has 2 rings (SSSR count). The molecule has 0 aliphatic carbocycles. The Bertz CT molecular complexity index is 765. The standard InChI is InChI=1S/C18H26FN5OS/c1-17(2,3)11-18(4,5)21-14(25)10-26-16-23-22-15(24(16)20)12-6-8-13(19)9-7-12/h6-9H,10-11,20H2,1-5H3,(H,21,25). The van der Waals surface area contributed by atoms with Gasteiger partial charge in [0.2, 0.25) is 11.1 Å². The molecule has 1 amide bonds. The zero-order valence-corrected chi connectivity index (χ0v) is 16.7. The molecule has 0 bridgehead atoms. The molecule has 8 heteroatoms. The molecule has 1 heterocycles. The first-order valence-corrected chi connectivity index (χ1v) is 9.36. The largest absolute Gasteiger partial charge is 0.350 e. The van der Waals surface area contributed by atoms with Crippen LogP contribution in [0, 0.1) is 11.2 Å². The molecule has 0 saturated heterocycles. The Morgan fingerprint density at radius 1 is 1.19 bits per heavy atom. The third-order valence-electron chi connectivity index (χ3n) is 3.55. The SMILES string of the molecule is CC(C)(C)CC(C)(C)NC(=O)CSc1nnc(-c2ccc(F)cc2)n1N. The van der Waals surface area contributed by atoms with Crippen molar-refractivity contribution in [2.75, 3.05) is 11.6 Å². The molecule has 0 spiro atoms. The minimum absolute atomic E-state index is 0.0874. The molecule has 0 aliphatic rings. The average molecular weight is 380 g/mol. The molecule has 0 saturated carbocycles. The number of halogens is 1. The van der Waals surface area contributed by atoms with Crippen molar-refractivity contribution in [3.05, 3.63) is 30.1 Å². The lowest BCUT2D eigenvalue weighted by molar-refractivity contribution is -0.120. The number of hydrogen-bond acceptors (Lipinski definition) is 5. The first-order chi connectivity index (χ1) is 12.0. The molecular formula is C18H26FN5OS. The molecule has 2 aromatic rings. The number of carbonyl (C=O) groups is 1. The van der Waals surface area contributed by atoms with E-state index in [9.17, 15) is 9.18 Å². The first-order valence-electron chi connectivity index (χ1n) is 8.37. The number of nitrogens with zero attached hydrogens (tertiary/aromatic N) is 3. The Morgan fingerprint density at radius 3 is 2.38 bits per heavy atom. The zero-order valence-electron chi connectivity index (χ0n) is 15.8. The van der Waals surface area contributed by atoms with Crippen molar-refractivity contribution in [2.45, 2.75) is 51.7 Å².